The van der Waals surface area contributed by atoms with Crippen molar-refractivity contribution in [2.45, 2.75) is 37.9 Å². The van der Waals surface area contributed by atoms with Crippen molar-refractivity contribution in [3.05, 3.63) is 23.8 Å². The Kier molecular flexibility index (Phi) is 3.87. The molecule has 5 heteroatoms. The van der Waals surface area contributed by atoms with E-state index in [0.717, 1.165) is 25.9 Å². The zero-order chi connectivity index (χ0) is 14.9. The van der Waals surface area contributed by atoms with Crippen LogP contribution in [0.5, 0.6) is 5.75 Å². The highest BCUT2D eigenvalue weighted by Gasteiger charge is 2.42. The van der Waals surface area contributed by atoms with Crippen molar-refractivity contribution in [2.75, 3.05) is 25.6 Å². The van der Waals surface area contributed by atoms with Crippen LogP contribution in [-0.2, 0) is 9.47 Å². The van der Waals surface area contributed by atoms with Crippen LogP contribution in [0.3, 0.4) is 0 Å². The highest BCUT2D eigenvalue weighted by molar-refractivity contribution is 5.97. The topological polar surface area (TPSA) is 70.8 Å². The van der Waals surface area contributed by atoms with Crippen LogP contribution in [0, 0.1) is 0 Å². The first kappa shape index (κ1) is 14.4. The normalized spacial score (nSPS) is 28.7. The monoisotopic (exact) mass is 291 g/mol. The fourth-order valence-corrected chi connectivity index (χ4v) is 3.05. The first-order valence-corrected chi connectivity index (χ1v) is 7.37. The number of ketones is 1. The van der Waals surface area contributed by atoms with Gasteiger partial charge in [0.15, 0.2) is 5.78 Å². The van der Waals surface area contributed by atoms with Crippen molar-refractivity contribution in [1.82, 2.24) is 0 Å². The maximum absolute atomic E-state index is 11.7. The summed E-state index contributed by atoms with van der Waals surface area (Å²) < 4.78 is 17.4. The lowest BCUT2D eigenvalue weighted by atomic mass is 9.91. The Morgan fingerprint density at radius 2 is 2.29 bits per heavy atom. The standard InChI is InChI=1S/C16H21NO4/c1-11(18)14-8-12(17)2-3-15(14)21-13-4-6-20-16(9-13)5-7-19-10-16/h2-3,8,13H,4-7,9-10,17H2,1H3. The lowest BCUT2D eigenvalue weighted by Crippen LogP contribution is -2.44. The minimum atomic E-state index is -0.201. The summed E-state index contributed by atoms with van der Waals surface area (Å²) in [7, 11) is 0. The van der Waals surface area contributed by atoms with E-state index >= 15 is 0 Å². The van der Waals surface area contributed by atoms with E-state index in [0.29, 0.717) is 30.2 Å². The molecule has 0 aliphatic carbocycles. The van der Waals surface area contributed by atoms with Crippen molar-refractivity contribution in [1.29, 1.82) is 0 Å². The molecule has 2 heterocycles. The van der Waals surface area contributed by atoms with Gasteiger partial charge in [0.2, 0.25) is 0 Å². The molecule has 3 rings (SSSR count). The van der Waals surface area contributed by atoms with Crippen LogP contribution < -0.4 is 10.5 Å². The number of nitrogen functional groups attached to an aromatic ring is 1. The van der Waals surface area contributed by atoms with Crippen molar-refractivity contribution < 1.29 is 19.0 Å². The summed E-state index contributed by atoms with van der Waals surface area (Å²) in [5.41, 5.74) is 6.66. The molecular weight excluding hydrogens is 270 g/mol. The van der Waals surface area contributed by atoms with Gasteiger partial charge in [-0.2, -0.15) is 0 Å². The Labute approximate surface area is 124 Å². The first-order valence-electron chi connectivity index (χ1n) is 7.37. The number of benzene rings is 1. The zero-order valence-corrected chi connectivity index (χ0v) is 12.3. The molecule has 2 aliphatic rings. The van der Waals surface area contributed by atoms with Crippen LogP contribution in [-0.4, -0.2) is 37.3 Å². The third-order valence-corrected chi connectivity index (χ3v) is 4.19. The van der Waals surface area contributed by atoms with Gasteiger partial charge >= 0.3 is 0 Å². The van der Waals surface area contributed by atoms with Gasteiger partial charge in [-0.1, -0.05) is 0 Å². The number of nitrogens with two attached hydrogens (primary N) is 1. The number of rotatable bonds is 3. The quantitative estimate of drug-likeness (QED) is 0.683. The SMILES string of the molecule is CC(=O)c1cc(N)ccc1OC1CCOC2(CCOC2)C1. The molecule has 2 fully saturated rings. The second-order valence-electron chi connectivity index (χ2n) is 5.88. The van der Waals surface area contributed by atoms with Crippen molar-refractivity contribution in [3.8, 4) is 5.75 Å². The highest BCUT2D eigenvalue weighted by atomic mass is 16.6. The molecule has 0 aromatic heterocycles. The average molecular weight is 291 g/mol. The Bertz CT molecular complexity index is 537. The summed E-state index contributed by atoms with van der Waals surface area (Å²) in [6.07, 6.45) is 2.58. The van der Waals surface area contributed by atoms with Gasteiger partial charge in [-0.05, 0) is 25.1 Å². The van der Waals surface area contributed by atoms with Crippen molar-refractivity contribution in [3.63, 3.8) is 0 Å². The molecule has 1 aromatic carbocycles. The summed E-state index contributed by atoms with van der Waals surface area (Å²) in [5, 5.41) is 0. The number of Topliss-reactive ketones (excluding diaryl/α,β-unsaturated/α-hetero) is 1. The lowest BCUT2D eigenvalue weighted by Gasteiger charge is -2.37. The number of carbonyl (C=O) groups excluding carboxylic acids is 1. The van der Waals surface area contributed by atoms with Gasteiger partial charge in [0.1, 0.15) is 11.9 Å². The maximum Gasteiger partial charge on any atom is 0.163 e. The van der Waals surface area contributed by atoms with Crippen molar-refractivity contribution >= 4 is 11.5 Å². The molecule has 21 heavy (non-hydrogen) atoms. The molecule has 2 atom stereocenters. The molecule has 2 saturated heterocycles. The van der Waals surface area contributed by atoms with E-state index in [1.54, 1.807) is 18.2 Å². The summed E-state index contributed by atoms with van der Waals surface area (Å²) in [4.78, 5) is 11.7. The van der Waals surface area contributed by atoms with Crippen LogP contribution in [0.25, 0.3) is 0 Å². The van der Waals surface area contributed by atoms with Gasteiger partial charge in [0, 0.05) is 31.6 Å². The van der Waals surface area contributed by atoms with Crippen LogP contribution in [0.1, 0.15) is 36.5 Å². The Morgan fingerprint density at radius 1 is 1.43 bits per heavy atom. The Hall–Kier alpha value is -1.59. The second kappa shape index (κ2) is 5.66. The van der Waals surface area contributed by atoms with Gasteiger partial charge in [0.25, 0.3) is 0 Å². The summed E-state index contributed by atoms with van der Waals surface area (Å²) in [6, 6.07) is 5.21. The van der Waals surface area contributed by atoms with Crippen molar-refractivity contribution in [2.24, 2.45) is 0 Å². The summed E-state index contributed by atoms with van der Waals surface area (Å²) in [5.74, 6) is 0.570. The van der Waals surface area contributed by atoms with E-state index in [-0.39, 0.29) is 17.5 Å². The fraction of sp³-hybridized carbons (Fsp3) is 0.562. The third kappa shape index (κ3) is 3.04. The van der Waals surface area contributed by atoms with Gasteiger partial charge in [0.05, 0.1) is 24.4 Å². The van der Waals surface area contributed by atoms with E-state index in [4.69, 9.17) is 19.9 Å². The van der Waals surface area contributed by atoms with Crippen LogP contribution in [0.2, 0.25) is 0 Å². The fourth-order valence-electron chi connectivity index (χ4n) is 3.05. The first-order chi connectivity index (χ1) is 10.1. The largest absolute Gasteiger partial charge is 0.489 e. The Balaban J connectivity index is 1.75. The predicted molar refractivity (Wildman–Crippen MR) is 78.6 cm³/mol. The minimum Gasteiger partial charge on any atom is -0.489 e. The van der Waals surface area contributed by atoms with E-state index < -0.39 is 0 Å². The minimum absolute atomic E-state index is 0.0386. The lowest BCUT2D eigenvalue weighted by molar-refractivity contribution is -0.112. The third-order valence-electron chi connectivity index (χ3n) is 4.19. The number of hydrogen-bond donors (Lipinski definition) is 1. The predicted octanol–water partition coefficient (Wildman–Crippen LogP) is 2.19. The van der Waals surface area contributed by atoms with E-state index in [1.807, 2.05) is 0 Å². The maximum atomic E-state index is 11.7. The highest BCUT2D eigenvalue weighted by Crippen LogP contribution is 2.35. The average Bonchev–Trinajstić information content (AvgIpc) is 2.88. The molecule has 2 unspecified atom stereocenters. The number of hydrogen-bond acceptors (Lipinski definition) is 5. The molecule has 0 radical (unpaired) electrons. The Morgan fingerprint density at radius 3 is 3.00 bits per heavy atom. The van der Waals surface area contributed by atoms with Crippen LogP contribution >= 0.6 is 0 Å². The molecule has 0 saturated carbocycles. The second-order valence-corrected chi connectivity index (χ2v) is 5.88. The van der Waals surface area contributed by atoms with E-state index in [1.165, 1.54) is 6.92 Å². The molecule has 5 nitrogen and oxygen atoms in total. The molecule has 2 N–H and O–H groups in total. The molecule has 2 aliphatic heterocycles. The van der Waals surface area contributed by atoms with Crippen LogP contribution in [0.15, 0.2) is 18.2 Å². The smallest absolute Gasteiger partial charge is 0.163 e. The molecule has 0 amide bonds. The van der Waals surface area contributed by atoms with E-state index in [2.05, 4.69) is 0 Å². The zero-order valence-electron chi connectivity index (χ0n) is 12.3. The van der Waals surface area contributed by atoms with Gasteiger partial charge in [-0.3, -0.25) is 4.79 Å². The number of anilines is 1. The molecule has 114 valence electrons. The molecule has 0 bridgehead atoms. The van der Waals surface area contributed by atoms with Gasteiger partial charge in [-0.15, -0.1) is 0 Å². The molecular formula is C16H21NO4. The molecule has 1 spiro atoms. The number of ether oxygens (including phenoxy) is 3. The summed E-state index contributed by atoms with van der Waals surface area (Å²) >= 11 is 0. The van der Waals surface area contributed by atoms with Gasteiger partial charge in [-0.25, -0.2) is 0 Å². The van der Waals surface area contributed by atoms with Gasteiger partial charge < -0.3 is 19.9 Å². The summed E-state index contributed by atoms with van der Waals surface area (Å²) in [6.45, 7) is 3.57. The van der Waals surface area contributed by atoms with E-state index in [9.17, 15) is 4.79 Å². The van der Waals surface area contributed by atoms with Crippen LogP contribution in [0.4, 0.5) is 5.69 Å². The number of carbonyl (C=O) groups is 1. The molecule has 1 aromatic rings.